The summed E-state index contributed by atoms with van der Waals surface area (Å²) < 4.78 is 0. The molecule has 0 aromatic carbocycles. The molecule has 0 saturated carbocycles. The van der Waals surface area contributed by atoms with Gasteiger partial charge in [0.1, 0.15) is 5.79 Å². The Morgan fingerprint density at radius 3 is 2.05 bits per heavy atom. The summed E-state index contributed by atoms with van der Waals surface area (Å²) in [6.45, 7) is 14.8. The summed E-state index contributed by atoms with van der Waals surface area (Å²) in [6.07, 6.45) is 1.08. The van der Waals surface area contributed by atoms with Crippen molar-refractivity contribution < 1.29 is 0 Å². The van der Waals surface area contributed by atoms with Crippen LogP contribution in [0.2, 0.25) is 0 Å². The molecule has 0 radical (unpaired) electrons. The van der Waals surface area contributed by atoms with E-state index in [4.69, 9.17) is 0 Å². The van der Waals surface area contributed by atoms with Gasteiger partial charge in [-0.05, 0) is 47.7 Å². The number of nitrogens with one attached hydrogen (secondary N) is 5. The van der Waals surface area contributed by atoms with Crippen molar-refractivity contribution in [1.29, 1.82) is 0 Å². The molecule has 5 N–H and O–H groups in total. The third-order valence-corrected chi connectivity index (χ3v) is 3.54. The van der Waals surface area contributed by atoms with Crippen LogP contribution in [0.15, 0.2) is 0 Å². The number of rotatable bonds is 11. The van der Waals surface area contributed by atoms with Gasteiger partial charge in [0.2, 0.25) is 0 Å². The SMILES string of the molecule is CCCNC(NC)(NC(C)C)C(C)(C)N(NC)NCC. The minimum atomic E-state index is -0.414. The fraction of sp³-hybridized carbons (Fsp3) is 1.00. The van der Waals surface area contributed by atoms with Gasteiger partial charge in [-0.25, -0.2) is 10.9 Å². The van der Waals surface area contributed by atoms with E-state index in [2.05, 4.69) is 68.3 Å². The van der Waals surface area contributed by atoms with Gasteiger partial charge in [-0.2, -0.15) is 5.12 Å². The molecule has 0 spiro atoms. The molecule has 20 heavy (non-hydrogen) atoms. The average molecular weight is 288 g/mol. The van der Waals surface area contributed by atoms with Crippen molar-refractivity contribution in [3.8, 4) is 0 Å². The van der Waals surface area contributed by atoms with Crippen molar-refractivity contribution in [3.05, 3.63) is 0 Å². The van der Waals surface area contributed by atoms with Crippen LogP contribution >= 0.6 is 0 Å². The Bertz CT molecular complexity index is 256. The van der Waals surface area contributed by atoms with Gasteiger partial charge < -0.3 is 0 Å². The number of likely N-dealkylation sites (N-methyl/N-ethyl adjacent to an activating group) is 1. The van der Waals surface area contributed by atoms with Crippen molar-refractivity contribution in [2.45, 2.75) is 65.3 Å². The van der Waals surface area contributed by atoms with Crippen LogP contribution in [-0.2, 0) is 0 Å². The molecule has 0 amide bonds. The first-order chi connectivity index (χ1) is 9.31. The van der Waals surface area contributed by atoms with Crippen LogP contribution in [0.1, 0.15) is 48.0 Å². The predicted molar refractivity (Wildman–Crippen MR) is 87.0 cm³/mol. The Morgan fingerprint density at radius 1 is 1.10 bits per heavy atom. The van der Waals surface area contributed by atoms with Gasteiger partial charge in [0.15, 0.2) is 0 Å². The first-order valence-electron chi connectivity index (χ1n) is 7.74. The number of nitrogens with zero attached hydrogens (tertiary/aromatic N) is 1. The highest BCUT2D eigenvalue weighted by Crippen LogP contribution is 2.22. The van der Waals surface area contributed by atoms with E-state index >= 15 is 0 Å². The fourth-order valence-electron chi connectivity index (χ4n) is 2.54. The Hall–Kier alpha value is -0.240. The second kappa shape index (κ2) is 8.92. The van der Waals surface area contributed by atoms with Gasteiger partial charge in [-0.3, -0.25) is 16.0 Å². The summed E-state index contributed by atoms with van der Waals surface area (Å²) in [5.41, 5.74) is 6.34. The maximum absolute atomic E-state index is 3.65. The normalized spacial score (nSPS) is 15.9. The smallest absolute Gasteiger partial charge is 0.144 e. The third-order valence-electron chi connectivity index (χ3n) is 3.54. The van der Waals surface area contributed by atoms with E-state index in [1.807, 2.05) is 19.2 Å². The highest BCUT2D eigenvalue weighted by atomic mass is 15.8. The van der Waals surface area contributed by atoms with E-state index < -0.39 is 5.79 Å². The van der Waals surface area contributed by atoms with E-state index in [0.29, 0.717) is 6.04 Å². The second-order valence-corrected chi connectivity index (χ2v) is 5.86. The van der Waals surface area contributed by atoms with Crippen molar-refractivity contribution in [3.63, 3.8) is 0 Å². The lowest BCUT2D eigenvalue weighted by molar-refractivity contribution is -0.0772. The monoisotopic (exact) mass is 288 g/mol. The van der Waals surface area contributed by atoms with Crippen LogP contribution in [-0.4, -0.2) is 49.7 Å². The number of hydrogen-bond donors (Lipinski definition) is 5. The Kier molecular flexibility index (Phi) is 8.81. The fourth-order valence-corrected chi connectivity index (χ4v) is 2.54. The topological polar surface area (TPSA) is 63.4 Å². The van der Waals surface area contributed by atoms with E-state index in [-0.39, 0.29) is 5.54 Å². The standard InChI is InChI=1S/C14H36N6/c1-9-11-17-14(15-7,19-12(3)4)13(5,6)20(16-8)18-10-2/h12,15-19H,9-11H2,1-8H3. The van der Waals surface area contributed by atoms with Crippen LogP contribution in [0.25, 0.3) is 0 Å². The van der Waals surface area contributed by atoms with Gasteiger partial charge in [0, 0.05) is 19.6 Å². The van der Waals surface area contributed by atoms with Crippen LogP contribution in [0.4, 0.5) is 0 Å². The van der Waals surface area contributed by atoms with Gasteiger partial charge in [-0.15, -0.1) is 0 Å². The molecule has 6 heteroatoms. The van der Waals surface area contributed by atoms with E-state index in [1.165, 1.54) is 0 Å². The zero-order chi connectivity index (χ0) is 15.8. The number of hydrogen-bond acceptors (Lipinski definition) is 6. The molecule has 0 rings (SSSR count). The maximum Gasteiger partial charge on any atom is 0.144 e. The first-order valence-corrected chi connectivity index (χ1v) is 7.74. The molecular weight excluding hydrogens is 252 g/mol. The highest BCUT2D eigenvalue weighted by molar-refractivity contribution is 5.02. The molecule has 0 bridgehead atoms. The Balaban J connectivity index is 5.41. The molecule has 1 atom stereocenters. The minimum absolute atomic E-state index is 0.258. The molecule has 1 unspecified atom stereocenters. The summed E-state index contributed by atoms with van der Waals surface area (Å²) in [6, 6.07) is 0.353. The predicted octanol–water partition coefficient (Wildman–Crippen LogP) is 0.597. The quantitative estimate of drug-likeness (QED) is 0.283. The van der Waals surface area contributed by atoms with Gasteiger partial charge in [-0.1, -0.05) is 13.8 Å². The summed E-state index contributed by atoms with van der Waals surface area (Å²) in [5, 5.41) is 12.8. The van der Waals surface area contributed by atoms with Crippen LogP contribution in [0.3, 0.4) is 0 Å². The molecule has 0 aliphatic carbocycles. The molecule has 0 fully saturated rings. The lowest BCUT2D eigenvalue weighted by Crippen LogP contribution is -2.83. The number of hydrazine groups is 2. The summed E-state index contributed by atoms with van der Waals surface area (Å²) in [7, 11) is 3.92. The summed E-state index contributed by atoms with van der Waals surface area (Å²) in [4.78, 5) is 0. The minimum Gasteiger partial charge on any atom is -0.288 e. The van der Waals surface area contributed by atoms with E-state index in [0.717, 1.165) is 19.5 Å². The molecule has 0 aromatic rings. The summed E-state index contributed by atoms with van der Waals surface area (Å²) in [5.74, 6) is -0.414. The zero-order valence-corrected chi connectivity index (χ0v) is 14.6. The van der Waals surface area contributed by atoms with Crippen LogP contribution < -0.4 is 26.8 Å². The van der Waals surface area contributed by atoms with Gasteiger partial charge >= 0.3 is 0 Å². The van der Waals surface area contributed by atoms with Crippen molar-refractivity contribution in [1.82, 2.24) is 31.9 Å². The molecule has 0 aliphatic heterocycles. The van der Waals surface area contributed by atoms with Crippen molar-refractivity contribution in [2.24, 2.45) is 0 Å². The first kappa shape index (κ1) is 19.8. The van der Waals surface area contributed by atoms with E-state index in [9.17, 15) is 0 Å². The Morgan fingerprint density at radius 2 is 1.70 bits per heavy atom. The second-order valence-electron chi connectivity index (χ2n) is 5.86. The zero-order valence-electron chi connectivity index (χ0n) is 14.6. The van der Waals surface area contributed by atoms with E-state index in [1.54, 1.807) is 0 Å². The lowest BCUT2D eigenvalue weighted by Gasteiger charge is -2.53. The molecule has 0 aromatic heterocycles. The van der Waals surface area contributed by atoms with Crippen molar-refractivity contribution in [2.75, 3.05) is 27.2 Å². The Labute approximate surface area is 125 Å². The third kappa shape index (κ3) is 4.65. The van der Waals surface area contributed by atoms with Crippen molar-refractivity contribution >= 4 is 0 Å². The summed E-state index contributed by atoms with van der Waals surface area (Å²) >= 11 is 0. The average Bonchev–Trinajstić information content (AvgIpc) is 2.39. The molecule has 0 aliphatic rings. The highest BCUT2D eigenvalue weighted by Gasteiger charge is 2.48. The largest absolute Gasteiger partial charge is 0.288 e. The van der Waals surface area contributed by atoms with Gasteiger partial charge in [0.25, 0.3) is 0 Å². The molecule has 6 nitrogen and oxygen atoms in total. The maximum atomic E-state index is 3.65. The van der Waals surface area contributed by atoms with Gasteiger partial charge in [0.05, 0.1) is 5.54 Å². The van der Waals surface area contributed by atoms with Crippen LogP contribution in [0.5, 0.6) is 0 Å². The molecule has 0 saturated heterocycles. The van der Waals surface area contributed by atoms with Crippen LogP contribution in [0, 0.1) is 0 Å². The molecular formula is C14H36N6. The molecule has 0 heterocycles. The lowest BCUT2D eigenvalue weighted by atomic mass is 9.93. The molecule has 122 valence electrons.